The maximum atomic E-state index is 13.0. The van der Waals surface area contributed by atoms with Gasteiger partial charge in [-0.3, -0.25) is 4.79 Å². The summed E-state index contributed by atoms with van der Waals surface area (Å²) in [7, 11) is -4.35. The predicted octanol–water partition coefficient (Wildman–Crippen LogP) is 0.278. The average molecular weight is 595 g/mol. The van der Waals surface area contributed by atoms with Crippen LogP contribution in [0.5, 0.6) is 0 Å². The van der Waals surface area contributed by atoms with E-state index >= 15 is 0 Å². The van der Waals surface area contributed by atoms with Gasteiger partial charge in [0.15, 0.2) is 0 Å². The molecule has 0 radical (unpaired) electrons. The summed E-state index contributed by atoms with van der Waals surface area (Å²) in [5, 5.41) is 2.92. The second-order valence-electron chi connectivity index (χ2n) is 8.74. The first-order valence-electron chi connectivity index (χ1n) is 11.8. The molecule has 0 atom stereocenters. The predicted molar refractivity (Wildman–Crippen MR) is 139 cm³/mol. The van der Waals surface area contributed by atoms with Crippen LogP contribution < -0.4 is 61.6 Å². The third-order valence-electron chi connectivity index (χ3n) is 5.95. The van der Waals surface area contributed by atoms with Crippen LogP contribution in [0.1, 0.15) is 25.7 Å². The van der Waals surface area contributed by atoms with Gasteiger partial charge in [0.1, 0.15) is 6.61 Å². The number of halogens is 1. The van der Waals surface area contributed by atoms with E-state index in [9.17, 15) is 22.6 Å². The molecule has 2 amide bonds. The van der Waals surface area contributed by atoms with Crippen LogP contribution in [0.3, 0.4) is 0 Å². The van der Waals surface area contributed by atoms with Crippen LogP contribution >= 0.6 is 11.6 Å². The zero-order valence-corrected chi connectivity index (χ0v) is 26.0. The van der Waals surface area contributed by atoms with Gasteiger partial charge < -0.3 is 24.8 Å². The molecule has 10 nitrogen and oxygen atoms in total. The summed E-state index contributed by atoms with van der Waals surface area (Å²) in [6, 6.07) is 16.3. The van der Waals surface area contributed by atoms with Crippen molar-refractivity contribution in [3.63, 3.8) is 0 Å². The Morgan fingerprint density at radius 1 is 0.947 bits per heavy atom. The zero-order chi connectivity index (χ0) is 26.0. The third kappa shape index (κ3) is 12.4. The van der Waals surface area contributed by atoms with E-state index in [1.165, 1.54) is 4.90 Å². The fourth-order valence-electron chi connectivity index (χ4n) is 4.03. The van der Waals surface area contributed by atoms with E-state index < -0.39 is 27.9 Å². The fraction of sp³-hybridized carbons (Fsp3) is 0.440. The van der Waals surface area contributed by atoms with Gasteiger partial charge in [-0.05, 0) is 73.9 Å². The largest absolute Gasteiger partial charge is 1.00 e. The summed E-state index contributed by atoms with van der Waals surface area (Å²) in [4.78, 5) is 26.2. The quantitative estimate of drug-likeness (QED) is 0.289. The number of hydrogen-bond acceptors (Lipinski definition) is 7. The van der Waals surface area contributed by atoms with Crippen LogP contribution in [-0.2, 0) is 24.4 Å². The van der Waals surface area contributed by atoms with E-state index in [4.69, 9.17) is 21.1 Å². The Morgan fingerprint density at radius 3 is 2.08 bits per heavy atom. The first-order chi connectivity index (χ1) is 17.2. The van der Waals surface area contributed by atoms with E-state index in [0.29, 0.717) is 35.5 Å². The Labute approximate surface area is 270 Å². The van der Waals surface area contributed by atoms with Crippen molar-refractivity contribution in [2.24, 2.45) is 11.8 Å². The van der Waals surface area contributed by atoms with Gasteiger partial charge in [-0.2, -0.15) is 0 Å². The van der Waals surface area contributed by atoms with Crippen molar-refractivity contribution < 1.29 is 88.9 Å². The monoisotopic (exact) mass is 594 g/mol. The third-order valence-corrected chi connectivity index (χ3v) is 6.91. The Kier molecular flexibility index (Phi) is 16.2. The van der Waals surface area contributed by atoms with Crippen molar-refractivity contribution >= 4 is 45.1 Å². The van der Waals surface area contributed by atoms with Gasteiger partial charge in [0.05, 0.1) is 40.5 Å². The molecule has 3 rings (SSSR count). The van der Waals surface area contributed by atoms with Crippen LogP contribution in [0.2, 0.25) is 5.02 Å². The van der Waals surface area contributed by atoms with Crippen LogP contribution in [0.25, 0.3) is 0 Å². The molecule has 1 saturated carbocycles. The number of nitrogens with one attached hydrogen (secondary N) is 1. The van der Waals surface area contributed by atoms with Gasteiger partial charge >= 0.3 is 57.5 Å². The molecule has 3 N–H and O–H groups in total. The number of benzene rings is 2. The topological polar surface area (TPSA) is 157 Å². The molecule has 204 valence electrons. The molecule has 0 heterocycles. The van der Waals surface area contributed by atoms with Crippen LogP contribution in [0.4, 0.5) is 16.2 Å². The zero-order valence-electron chi connectivity index (χ0n) is 21.3. The number of ether oxygens (including phenoxy) is 2. The number of carbonyl (C=O) groups is 2. The number of hydrogen-bond donors (Lipinski definition) is 1. The van der Waals surface area contributed by atoms with E-state index in [2.05, 4.69) is 5.32 Å². The summed E-state index contributed by atoms with van der Waals surface area (Å²) in [6.45, 7) is 0.320. The minimum absolute atomic E-state index is 0. The number of carbonyl (C=O) groups excluding carboxylic acids is 2. The summed E-state index contributed by atoms with van der Waals surface area (Å²) >= 11 is 6.00. The SMILES string of the molecule is O.O=C(COC[C@H]1CC[C@H](COC(=O)N(c2ccccc2)c2ccc(Cl)cc2)CC1)NCCS(=O)(=O)[O-].[K+]. The maximum absolute atomic E-state index is 13.0. The van der Waals surface area contributed by atoms with Crippen LogP contribution in [0.15, 0.2) is 54.6 Å². The Balaban J connectivity index is 0.00000361. The first-order valence-corrected chi connectivity index (χ1v) is 13.7. The van der Waals surface area contributed by atoms with Gasteiger partial charge in [-0.15, -0.1) is 0 Å². The fourth-order valence-corrected chi connectivity index (χ4v) is 4.51. The molecule has 0 bridgehead atoms. The molecule has 13 heteroatoms. The minimum Gasteiger partial charge on any atom is -0.748 e. The van der Waals surface area contributed by atoms with Crippen LogP contribution in [-0.4, -0.2) is 62.6 Å². The summed E-state index contributed by atoms with van der Waals surface area (Å²) in [6.07, 6.45) is 3.07. The van der Waals surface area contributed by atoms with Gasteiger partial charge in [-0.25, -0.2) is 18.1 Å². The molecule has 1 fully saturated rings. The summed E-state index contributed by atoms with van der Waals surface area (Å²) in [5.74, 6) is -0.564. The van der Waals surface area contributed by atoms with Crippen molar-refractivity contribution in [2.75, 3.05) is 37.0 Å². The van der Waals surface area contributed by atoms with Gasteiger partial charge in [-0.1, -0.05) is 29.8 Å². The van der Waals surface area contributed by atoms with Crippen molar-refractivity contribution in [3.05, 3.63) is 59.6 Å². The second-order valence-corrected chi connectivity index (χ2v) is 10.7. The molecule has 2 aromatic rings. The maximum Gasteiger partial charge on any atom is 1.00 e. The molecular weight excluding hydrogens is 563 g/mol. The average Bonchev–Trinajstić information content (AvgIpc) is 2.85. The molecule has 0 spiro atoms. The van der Waals surface area contributed by atoms with Crippen molar-refractivity contribution in [1.82, 2.24) is 5.32 Å². The Hall–Kier alpha value is -1.06. The van der Waals surface area contributed by atoms with Gasteiger partial charge in [0, 0.05) is 11.6 Å². The smallest absolute Gasteiger partial charge is 0.748 e. The van der Waals surface area contributed by atoms with Crippen molar-refractivity contribution in [2.45, 2.75) is 25.7 Å². The summed E-state index contributed by atoms with van der Waals surface area (Å²) < 4.78 is 42.8. The molecule has 0 unspecified atom stereocenters. The van der Waals surface area contributed by atoms with Crippen molar-refractivity contribution in [3.8, 4) is 0 Å². The first kappa shape index (κ1) is 35.0. The Bertz CT molecular complexity index is 1100. The van der Waals surface area contributed by atoms with Gasteiger partial charge in [0.2, 0.25) is 5.91 Å². The molecular formula is C25H32ClKN2O8S. The van der Waals surface area contributed by atoms with E-state index in [1.807, 2.05) is 30.3 Å². The standard InChI is InChI=1S/C25H31ClN2O7S.K.H2O/c26-21-10-12-23(13-11-21)28(22-4-2-1-3-5-22)25(30)35-17-20-8-6-19(7-9-20)16-34-18-24(29)27-14-15-36(31,32)33;;/h1-5,10-13,19-20H,6-9,14-18H2,(H,27,29)(H,31,32,33);;1H2/q;+1;/p-1/t19-,20-;;. The Morgan fingerprint density at radius 2 is 1.50 bits per heavy atom. The van der Waals surface area contributed by atoms with E-state index in [1.54, 1.807) is 24.3 Å². The number of para-hydroxylation sites is 1. The normalized spacial score (nSPS) is 16.9. The number of amides is 2. The molecule has 1 aliphatic rings. The summed E-state index contributed by atoms with van der Waals surface area (Å²) in [5.41, 5.74) is 1.36. The molecule has 1 aliphatic carbocycles. The molecule has 0 saturated heterocycles. The molecule has 0 aliphatic heterocycles. The van der Waals surface area contributed by atoms with Crippen LogP contribution in [0, 0.1) is 11.8 Å². The minimum atomic E-state index is -4.35. The van der Waals surface area contributed by atoms with E-state index in [-0.39, 0.29) is 75.9 Å². The second kappa shape index (κ2) is 17.6. The molecule has 38 heavy (non-hydrogen) atoms. The molecule has 0 aromatic heterocycles. The number of anilines is 2. The number of nitrogens with zero attached hydrogens (tertiary/aromatic N) is 1. The number of rotatable bonds is 11. The van der Waals surface area contributed by atoms with E-state index in [0.717, 1.165) is 25.7 Å². The van der Waals surface area contributed by atoms with Gasteiger partial charge in [0.25, 0.3) is 0 Å². The van der Waals surface area contributed by atoms with Crippen molar-refractivity contribution in [1.29, 1.82) is 0 Å². The molecule has 2 aromatic carbocycles.